The van der Waals surface area contributed by atoms with Crippen molar-refractivity contribution >= 4 is 17.6 Å². The molecule has 1 saturated carbocycles. The molecule has 1 saturated heterocycles. The van der Waals surface area contributed by atoms with Crippen molar-refractivity contribution in [3.8, 4) is 0 Å². The van der Waals surface area contributed by atoms with Crippen LogP contribution >= 0.6 is 0 Å². The van der Waals surface area contributed by atoms with Gasteiger partial charge in [0.15, 0.2) is 0 Å². The average Bonchev–Trinajstić information content (AvgIpc) is 3.22. The van der Waals surface area contributed by atoms with Crippen LogP contribution in [0.5, 0.6) is 0 Å². The second-order valence-corrected chi connectivity index (χ2v) is 9.19. The zero-order valence-corrected chi connectivity index (χ0v) is 24.4. The van der Waals surface area contributed by atoms with Gasteiger partial charge < -0.3 is 15.4 Å². The Labute approximate surface area is 210 Å². The van der Waals surface area contributed by atoms with Gasteiger partial charge in [0, 0.05) is 25.8 Å². The van der Waals surface area contributed by atoms with Crippen LogP contribution in [0.3, 0.4) is 0 Å². The van der Waals surface area contributed by atoms with Gasteiger partial charge in [-0.3, -0.25) is 4.99 Å². The van der Waals surface area contributed by atoms with Crippen LogP contribution in [0.4, 0.5) is 10.6 Å². The number of carbonyl (C=O) groups is 1. The topological polar surface area (TPSA) is 93.7 Å². The quantitative estimate of drug-likeness (QED) is 0.441. The molecular formula is C27H53N5O2. The van der Waals surface area contributed by atoms with Crippen LogP contribution in [0, 0.1) is 18.3 Å². The Morgan fingerprint density at radius 2 is 1.68 bits per heavy atom. The number of aromatic nitrogens is 2. The van der Waals surface area contributed by atoms with E-state index in [-0.39, 0.29) is 11.7 Å². The minimum Gasteiger partial charge on any atom is -0.444 e. The predicted molar refractivity (Wildman–Crippen MR) is 147 cm³/mol. The van der Waals surface area contributed by atoms with Crippen molar-refractivity contribution in [2.24, 2.45) is 16.3 Å². The number of ether oxygens (including phenoxy) is 1. The maximum Gasteiger partial charge on any atom is 0.410 e. The van der Waals surface area contributed by atoms with E-state index in [1.807, 2.05) is 81.1 Å². The number of likely N-dealkylation sites (tertiary alicyclic amines) is 1. The van der Waals surface area contributed by atoms with E-state index < -0.39 is 0 Å². The van der Waals surface area contributed by atoms with Gasteiger partial charge in [-0.25, -0.2) is 14.8 Å². The van der Waals surface area contributed by atoms with Crippen molar-refractivity contribution < 1.29 is 9.53 Å². The van der Waals surface area contributed by atoms with Crippen molar-refractivity contribution in [2.75, 3.05) is 25.9 Å². The third kappa shape index (κ3) is 10.8. The molecule has 2 aliphatic rings. The highest BCUT2D eigenvalue weighted by molar-refractivity contribution is 6.03. The Morgan fingerprint density at radius 3 is 2.09 bits per heavy atom. The van der Waals surface area contributed by atoms with Gasteiger partial charge in [0.25, 0.3) is 0 Å². The van der Waals surface area contributed by atoms with E-state index in [0.717, 1.165) is 42.4 Å². The Balaban J connectivity index is 0. The Kier molecular flexibility index (Phi) is 16.4. The number of nitrogens with zero attached hydrogens (tertiary/aromatic N) is 4. The van der Waals surface area contributed by atoms with Gasteiger partial charge in [-0.2, -0.15) is 0 Å². The summed E-state index contributed by atoms with van der Waals surface area (Å²) in [4.78, 5) is 25.7. The van der Waals surface area contributed by atoms with Crippen LogP contribution in [0.15, 0.2) is 11.3 Å². The molecule has 0 atom stereocenters. The fourth-order valence-electron chi connectivity index (χ4n) is 4.22. The lowest BCUT2D eigenvalue weighted by Crippen LogP contribution is -2.41. The molecule has 2 N–H and O–H groups in total. The lowest BCUT2D eigenvalue weighted by molar-refractivity contribution is 0.0199. The largest absolute Gasteiger partial charge is 0.444 e. The highest BCUT2D eigenvalue weighted by Gasteiger charge is 2.48. The summed E-state index contributed by atoms with van der Waals surface area (Å²) in [6.07, 6.45) is 5.05. The van der Waals surface area contributed by atoms with Crippen LogP contribution in [0.1, 0.15) is 107 Å². The molecule has 3 rings (SSSR count). The standard InChI is InChI=1S/C13H23NO2.C8H12N4.3C2H6/c1-10-7-13(8-10)5-6-14(9-13)11(15)16-12(2,3)4;1-5(10-3)7-6(2)11-4-12-8(7)9;3*1-2/h10H,5-9H2,1-4H3;4H,1-3H3,(H2,9,11,12);3*1-2H3. The first-order valence-electron chi connectivity index (χ1n) is 12.9. The number of amides is 1. The van der Waals surface area contributed by atoms with Gasteiger partial charge in [0.1, 0.15) is 17.7 Å². The Bertz CT molecular complexity index is 715. The van der Waals surface area contributed by atoms with Crippen molar-refractivity contribution in [1.82, 2.24) is 14.9 Å². The molecule has 0 unspecified atom stereocenters. The fourth-order valence-corrected chi connectivity index (χ4v) is 4.22. The molecule has 7 heteroatoms. The maximum atomic E-state index is 11.9. The minimum absolute atomic E-state index is 0.135. The zero-order chi connectivity index (χ0) is 27.1. The predicted octanol–water partition coefficient (Wildman–Crippen LogP) is 6.93. The van der Waals surface area contributed by atoms with E-state index in [1.165, 1.54) is 19.2 Å². The smallest absolute Gasteiger partial charge is 0.410 e. The molecule has 0 aromatic carbocycles. The number of rotatable bonds is 1. The molecular weight excluding hydrogens is 426 g/mol. The molecule has 7 nitrogen and oxygen atoms in total. The third-order valence-electron chi connectivity index (χ3n) is 5.42. The van der Waals surface area contributed by atoms with E-state index in [9.17, 15) is 4.79 Å². The lowest BCUT2D eigenvalue weighted by atomic mass is 9.62. The molecule has 34 heavy (non-hydrogen) atoms. The molecule has 0 bridgehead atoms. The Hall–Kier alpha value is -2.18. The minimum atomic E-state index is -0.375. The lowest BCUT2D eigenvalue weighted by Gasteiger charge is -2.43. The first-order chi connectivity index (χ1) is 16.0. The highest BCUT2D eigenvalue weighted by atomic mass is 16.6. The van der Waals surface area contributed by atoms with Gasteiger partial charge in [0.05, 0.1) is 11.3 Å². The van der Waals surface area contributed by atoms with Gasteiger partial charge in [-0.05, 0) is 65.2 Å². The van der Waals surface area contributed by atoms with Crippen molar-refractivity contribution in [2.45, 2.75) is 108 Å². The third-order valence-corrected chi connectivity index (χ3v) is 5.42. The van der Waals surface area contributed by atoms with Crippen LogP contribution in [0.2, 0.25) is 0 Å². The van der Waals surface area contributed by atoms with Gasteiger partial charge in [-0.15, -0.1) is 0 Å². The molecule has 1 aliphatic heterocycles. The highest BCUT2D eigenvalue weighted by Crippen LogP contribution is 2.51. The summed E-state index contributed by atoms with van der Waals surface area (Å²) >= 11 is 0. The molecule has 1 aromatic heterocycles. The summed E-state index contributed by atoms with van der Waals surface area (Å²) < 4.78 is 5.40. The number of hydrogen-bond acceptors (Lipinski definition) is 6. The molecule has 1 amide bonds. The van der Waals surface area contributed by atoms with E-state index in [1.54, 1.807) is 7.05 Å². The molecule has 1 spiro atoms. The van der Waals surface area contributed by atoms with Crippen molar-refractivity contribution in [3.05, 3.63) is 17.6 Å². The van der Waals surface area contributed by atoms with E-state index >= 15 is 0 Å². The summed E-state index contributed by atoms with van der Waals surface area (Å²) in [6.45, 7) is 25.6. The number of hydrogen-bond donors (Lipinski definition) is 1. The van der Waals surface area contributed by atoms with E-state index in [4.69, 9.17) is 10.5 Å². The summed E-state index contributed by atoms with van der Waals surface area (Å²) in [5.74, 6) is 1.34. The summed E-state index contributed by atoms with van der Waals surface area (Å²) in [7, 11) is 1.72. The summed E-state index contributed by atoms with van der Waals surface area (Å²) in [6, 6.07) is 0. The number of carbonyl (C=O) groups excluding carboxylic acids is 1. The number of nitrogen functional groups attached to an aromatic ring is 1. The maximum absolute atomic E-state index is 11.9. The van der Waals surface area contributed by atoms with Crippen LogP contribution in [0.25, 0.3) is 0 Å². The average molecular weight is 480 g/mol. The molecule has 2 heterocycles. The van der Waals surface area contributed by atoms with E-state index in [2.05, 4.69) is 21.9 Å². The second-order valence-electron chi connectivity index (χ2n) is 9.19. The fraction of sp³-hybridized carbons (Fsp3) is 0.778. The number of aryl methyl sites for hydroxylation is 1. The SMILES string of the molecule is CC.CC.CC.CC1CC2(CCN(C(=O)OC(C)(C)C)C2)C1.CN=C(C)c1c(C)ncnc1N. The summed E-state index contributed by atoms with van der Waals surface area (Å²) in [5.41, 5.74) is 8.31. The molecule has 1 aromatic rings. The van der Waals surface area contributed by atoms with Crippen molar-refractivity contribution in [1.29, 1.82) is 0 Å². The Morgan fingerprint density at radius 1 is 1.15 bits per heavy atom. The molecule has 198 valence electrons. The first-order valence-corrected chi connectivity index (χ1v) is 12.9. The summed E-state index contributed by atoms with van der Waals surface area (Å²) in [5, 5.41) is 0. The van der Waals surface area contributed by atoms with Crippen LogP contribution in [-0.4, -0.2) is 52.4 Å². The van der Waals surface area contributed by atoms with Gasteiger partial charge >= 0.3 is 6.09 Å². The molecule has 0 radical (unpaired) electrons. The second kappa shape index (κ2) is 16.4. The molecule has 1 aliphatic carbocycles. The normalized spacial score (nSPS) is 20.7. The van der Waals surface area contributed by atoms with Crippen molar-refractivity contribution in [3.63, 3.8) is 0 Å². The van der Waals surface area contributed by atoms with Crippen LogP contribution in [-0.2, 0) is 4.74 Å². The number of anilines is 1. The van der Waals surface area contributed by atoms with Crippen LogP contribution < -0.4 is 5.73 Å². The van der Waals surface area contributed by atoms with Gasteiger partial charge in [0.2, 0.25) is 0 Å². The monoisotopic (exact) mass is 479 g/mol. The van der Waals surface area contributed by atoms with Gasteiger partial charge in [-0.1, -0.05) is 48.5 Å². The van der Waals surface area contributed by atoms with E-state index in [0.29, 0.717) is 11.2 Å². The zero-order valence-electron chi connectivity index (χ0n) is 24.4. The molecule has 2 fully saturated rings. The number of nitrogens with two attached hydrogens (primary N) is 1. The first kappa shape index (κ1) is 34.0. The number of aliphatic imine (C=N–C) groups is 1.